The van der Waals surface area contributed by atoms with Crippen LogP contribution in [-0.2, 0) is 13.2 Å². The quantitative estimate of drug-likeness (QED) is 0.662. The highest BCUT2D eigenvalue weighted by Crippen LogP contribution is 2.07. The van der Waals surface area contributed by atoms with Gasteiger partial charge in [-0.2, -0.15) is 0 Å². The minimum atomic E-state index is -0.0263. The van der Waals surface area contributed by atoms with Crippen LogP contribution in [0.1, 0.15) is 38.2 Å². The lowest BCUT2D eigenvalue weighted by atomic mass is 10.2. The molecule has 1 rings (SSSR count). The molecule has 0 amide bonds. The Hall–Kier alpha value is -0.840. The molecule has 0 bridgehead atoms. The maximum absolute atomic E-state index is 8.87. The molecule has 0 saturated carbocycles. The Balaban J connectivity index is 2.02. The van der Waals surface area contributed by atoms with Crippen LogP contribution in [-0.4, -0.2) is 36.2 Å². The summed E-state index contributed by atoms with van der Waals surface area (Å²) in [6.45, 7) is 7.29. The molecular weight excluding hydrogens is 228 g/mol. The smallest absolute Gasteiger partial charge is 0.129 e. The highest BCUT2D eigenvalue weighted by Gasteiger charge is 2.02. The number of furan rings is 1. The van der Waals surface area contributed by atoms with Crippen LogP contribution in [0.5, 0.6) is 0 Å². The van der Waals surface area contributed by atoms with E-state index in [-0.39, 0.29) is 6.61 Å². The molecule has 1 heterocycles. The van der Waals surface area contributed by atoms with E-state index in [4.69, 9.17) is 9.52 Å². The second-order valence-electron chi connectivity index (χ2n) is 4.98. The number of nitrogens with zero attached hydrogens (tertiary/aromatic N) is 1. The molecule has 18 heavy (non-hydrogen) atoms. The number of rotatable bonds is 9. The first-order chi connectivity index (χ1) is 8.63. The van der Waals surface area contributed by atoms with Gasteiger partial charge in [-0.1, -0.05) is 0 Å². The fraction of sp³-hybridized carbons (Fsp3) is 0.714. The van der Waals surface area contributed by atoms with Crippen LogP contribution in [0.15, 0.2) is 16.5 Å². The van der Waals surface area contributed by atoms with Crippen molar-refractivity contribution >= 4 is 0 Å². The van der Waals surface area contributed by atoms with Crippen molar-refractivity contribution in [1.82, 2.24) is 10.2 Å². The number of hydrogen-bond donors (Lipinski definition) is 2. The number of hydrogen-bond acceptors (Lipinski definition) is 4. The lowest BCUT2D eigenvalue weighted by Gasteiger charge is -2.20. The molecule has 4 nitrogen and oxygen atoms in total. The fourth-order valence-electron chi connectivity index (χ4n) is 1.68. The molecule has 1 aromatic heterocycles. The highest BCUT2D eigenvalue weighted by molar-refractivity contribution is 5.05. The molecule has 1 aromatic rings. The summed E-state index contributed by atoms with van der Waals surface area (Å²) in [6, 6.07) is 4.35. The third-order valence-corrected chi connectivity index (χ3v) is 3.17. The van der Waals surface area contributed by atoms with Crippen LogP contribution >= 0.6 is 0 Å². The lowest BCUT2D eigenvalue weighted by Crippen LogP contribution is -2.27. The Bertz CT molecular complexity index is 323. The van der Waals surface area contributed by atoms with Crippen LogP contribution < -0.4 is 5.32 Å². The second kappa shape index (κ2) is 8.29. The normalized spacial score (nSPS) is 11.7. The van der Waals surface area contributed by atoms with Crippen LogP contribution in [0, 0.1) is 0 Å². The molecule has 2 N–H and O–H groups in total. The van der Waals surface area contributed by atoms with Gasteiger partial charge < -0.3 is 19.7 Å². The molecule has 0 atom stereocenters. The molecule has 0 fully saturated rings. The number of aliphatic hydroxyl groups is 1. The van der Waals surface area contributed by atoms with Crippen LogP contribution in [0.4, 0.5) is 0 Å². The maximum atomic E-state index is 8.87. The summed E-state index contributed by atoms with van der Waals surface area (Å²) in [7, 11) is 2.16. The Morgan fingerprint density at radius 2 is 2.00 bits per heavy atom. The first kappa shape index (κ1) is 15.2. The summed E-state index contributed by atoms with van der Waals surface area (Å²) in [5.41, 5.74) is 0. The van der Waals surface area contributed by atoms with E-state index in [9.17, 15) is 0 Å². The van der Waals surface area contributed by atoms with Gasteiger partial charge in [0.15, 0.2) is 0 Å². The van der Waals surface area contributed by atoms with Gasteiger partial charge >= 0.3 is 0 Å². The number of nitrogens with one attached hydrogen (secondary N) is 1. The fourth-order valence-corrected chi connectivity index (χ4v) is 1.68. The van der Waals surface area contributed by atoms with E-state index in [0.29, 0.717) is 11.8 Å². The van der Waals surface area contributed by atoms with E-state index in [1.807, 2.05) is 12.1 Å². The van der Waals surface area contributed by atoms with Crippen molar-refractivity contribution in [2.75, 3.05) is 20.1 Å². The predicted octanol–water partition coefficient (Wildman–Crippen LogP) is 1.98. The first-order valence-electron chi connectivity index (χ1n) is 6.73. The second-order valence-corrected chi connectivity index (χ2v) is 4.98. The van der Waals surface area contributed by atoms with Gasteiger partial charge in [0.25, 0.3) is 0 Å². The Kier molecular flexibility index (Phi) is 7.01. The largest absolute Gasteiger partial charge is 0.462 e. The molecule has 4 heteroatoms. The topological polar surface area (TPSA) is 48.6 Å². The van der Waals surface area contributed by atoms with Crippen LogP contribution in [0.3, 0.4) is 0 Å². The summed E-state index contributed by atoms with van der Waals surface area (Å²) < 4.78 is 5.39. The molecule has 0 spiro atoms. The molecule has 0 aromatic carbocycles. The molecule has 0 aliphatic heterocycles. The maximum Gasteiger partial charge on any atom is 0.129 e. The van der Waals surface area contributed by atoms with Crippen molar-refractivity contribution in [1.29, 1.82) is 0 Å². The average Bonchev–Trinajstić information content (AvgIpc) is 2.81. The molecule has 104 valence electrons. The minimum Gasteiger partial charge on any atom is -0.462 e. The molecule has 0 radical (unpaired) electrons. The average molecular weight is 254 g/mol. The van der Waals surface area contributed by atoms with Crippen molar-refractivity contribution in [3.63, 3.8) is 0 Å². The summed E-state index contributed by atoms with van der Waals surface area (Å²) in [4.78, 5) is 2.36. The minimum absolute atomic E-state index is 0.0263. The molecule has 0 unspecified atom stereocenters. The van der Waals surface area contributed by atoms with E-state index in [1.165, 1.54) is 12.8 Å². The van der Waals surface area contributed by atoms with Gasteiger partial charge in [0.1, 0.15) is 18.1 Å². The summed E-state index contributed by atoms with van der Waals surface area (Å²) in [6.07, 6.45) is 2.38. The van der Waals surface area contributed by atoms with Gasteiger partial charge in [-0.15, -0.1) is 0 Å². The van der Waals surface area contributed by atoms with Crippen LogP contribution in [0.2, 0.25) is 0 Å². The zero-order chi connectivity index (χ0) is 13.4. The van der Waals surface area contributed by atoms with E-state index >= 15 is 0 Å². The van der Waals surface area contributed by atoms with Gasteiger partial charge in [-0.25, -0.2) is 0 Å². The molecule has 0 aliphatic rings. The van der Waals surface area contributed by atoms with Gasteiger partial charge in [0.2, 0.25) is 0 Å². The SMILES string of the molecule is CC(C)N(C)CCCCNCc1ccc(CO)o1. The lowest BCUT2D eigenvalue weighted by molar-refractivity contribution is 0.242. The summed E-state index contributed by atoms with van der Waals surface area (Å²) in [5, 5.41) is 12.2. The standard InChI is InChI=1S/C14H26N2O2/c1-12(2)16(3)9-5-4-8-15-10-13-6-7-14(11-17)18-13/h6-7,12,15,17H,4-5,8-11H2,1-3H3. The van der Waals surface area contributed by atoms with Crippen molar-refractivity contribution < 1.29 is 9.52 Å². The predicted molar refractivity (Wildman–Crippen MR) is 73.3 cm³/mol. The zero-order valence-electron chi connectivity index (χ0n) is 11.8. The third-order valence-electron chi connectivity index (χ3n) is 3.17. The van der Waals surface area contributed by atoms with Crippen molar-refractivity contribution in [2.24, 2.45) is 0 Å². The summed E-state index contributed by atoms with van der Waals surface area (Å²) in [5.74, 6) is 1.52. The van der Waals surface area contributed by atoms with E-state index in [0.717, 1.165) is 25.4 Å². The van der Waals surface area contributed by atoms with Gasteiger partial charge in [-0.3, -0.25) is 0 Å². The Labute approximate surface area is 110 Å². The number of unbranched alkanes of at least 4 members (excludes halogenated alkanes) is 1. The highest BCUT2D eigenvalue weighted by atomic mass is 16.4. The van der Waals surface area contributed by atoms with Crippen LogP contribution in [0.25, 0.3) is 0 Å². The van der Waals surface area contributed by atoms with Crippen molar-refractivity contribution in [3.8, 4) is 0 Å². The Morgan fingerprint density at radius 1 is 1.28 bits per heavy atom. The third kappa shape index (κ3) is 5.67. The molecule has 0 aliphatic carbocycles. The first-order valence-corrected chi connectivity index (χ1v) is 6.73. The van der Waals surface area contributed by atoms with E-state index < -0.39 is 0 Å². The number of aliphatic hydroxyl groups excluding tert-OH is 1. The van der Waals surface area contributed by atoms with E-state index in [1.54, 1.807) is 0 Å². The van der Waals surface area contributed by atoms with Gasteiger partial charge in [0, 0.05) is 6.04 Å². The van der Waals surface area contributed by atoms with Gasteiger partial charge in [0.05, 0.1) is 6.54 Å². The zero-order valence-corrected chi connectivity index (χ0v) is 11.8. The van der Waals surface area contributed by atoms with Gasteiger partial charge in [-0.05, 0) is 59.0 Å². The van der Waals surface area contributed by atoms with Crippen molar-refractivity contribution in [2.45, 2.75) is 45.9 Å². The molecular formula is C14H26N2O2. The monoisotopic (exact) mass is 254 g/mol. The van der Waals surface area contributed by atoms with E-state index in [2.05, 4.69) is 31.1 Å². The summed E-state index contributed by atoms with van der Waals surface area (Å²) >= 11 is 0. The Morgan fingerprint density at radius 3 is 2.61 bits per heavy atom. The van der Waals surface area contributed by atoms with Crippen molar-refractivity contribution in [3.05, 3.63) is 23.7 Å². The molecule has 0 saturated heterocycles.